The van der Waals surface area contributed by atoms with Gasteiger partial charge in [0.15, 0.2) is 0 Å². The number of thiophene rings is 1. The van der Waals surface area contributed by atoms with Crippen LogP contribution in [-0.4, -0.2) is 63.4 Å². The van der Waals surface area contributed by atoms with Gasteiger partial charge in [0.05, 0.1) is 6.61 Å². The number of rotatable bonds is 6. The molecular weight excluding hydrogens is 348 g/mol. The fourth-order valence-electron chi connectivity index (χ4n) is 3.56. The molecule has 0 radical (unpaired) electrons. The summed E-state index contributed by atoms with van der Waals surface area (Å²) in [5, 5.41) is 1.79. The Morgan fingerprint density at radius 1 is 1.29 bits per heavy atom. The van der Waals surface area contributed by atoms with Crippen molar-refractivity contribution in [3.8, 4) is 0 Å². The molecule has 3 heterocycles. The average Bonchev–Trinajstić information content (AvgIpc) is 3.20. The van der Waals surface area contributed by atoms with Crippen molar-refractivity contribution in [3.05, 3.63) is 17.5 Å². The minimum Gasteiger partial charge on any atom is -0.384 e. The number of carbonyl (C=O) groups excluding carboxylic acids is 1. The highest BCUT2D eigenvalue weighted by atomic mass is 32.2. The molecule has 6 nitrogen and oxygen atoms in total. The Hall–Kier alpha value is -0.960. The Labute approximate surface area is 147 Å². The zero-order chi connectivity index (χ0) is 17.2. The largest absolute Gasteiger partial charge is 0.384 e. The first-order chi connectivity index (χ1) is 11.5. The molecule has 1 atom stereocenters. The number of piperidine rings is 1. The maximum Gasteiger partial charge on any atom is 0.252 e. The van der Waals surface area contributed by atoms with Crippen molar-refractivity contribution in [3.63, 3.8) is 0 Å². The van der Waals surface area contributed by atoms with Gasteiger partial charge in [-0.2, -0.15) is 4.31 Å². The number of likely N-dealkylation sites (tertiary alicyclic amines) is 1. The molecule has 2 aliphatic rings. The second kappa shape index (κ2) is 7.51. The predicted molar refractivity (Wildman–Crippen MR) is 92.4 cm³/mol. The molecule has 0 N–H and O–H groups in total. The molecule has 0 aliphatic carbocycles. The maximum absolute atomic E-state index is 12.5. The summed E-state index contributed by atoms with van der Waals surface area (Å²) in [4.78, 5) is 14.0. The monoisotopic (exact) mass is 372 g/mol. The van der Waals surface area contributed by atoms with E-state index in [-0.39, 0.29) is 5.91 Å². The molecule has 2 fully saturated rings. The standard InChI is InChI=1S/C16H24N2O4S2/c1-22-12-14-9-15(19)17(11-14)10-13-4-6-18(7-5-13)24(20,21)16-3-2-8-23-16/h2-3,8,13-14H,4-7,9-12H2,1H3. The van der Waals surface area contributed by atoms with Crippen molar-refractivity contribution in [1.29, 1.82) is 0 Å². The van der Waals surface area contributed by atoms with E-state index in [2.05, 4.69) is 0 Å². The lowest BCUT2D eigenvalue weighted by Gasteiger charge is -2.33. The Morgan fingerprint density at radius 2 is 2.04 bits per heavy atom. The van der Waals surface area contributed by atoms with E-state index in [0.29, 0.717) is 42.2 Å². The predicted octanol–water partition coefficient (Wildman–Crippen LogP) is 1.64. The molecule has 0 bridgehead atoms. The van der Waals surface area contributed by atoms with Gasteiger partial charge in [0.1, 0.15) is 4.21 Å². The van der Waals surface area contributed by atoms with Gasteiger partial charge in [-0.25, -0.2) is 8.42 Å². The van der Waals surface area contributed by atoms with Crippen LogP contribution < -0.4 is 0 Å². The molecule has 3 rings (SSSR count). The molecule has 1 unspecified atom stereocenters. The zero-order valence-electron chi connectivity index (χ0n) is 13.9. The van der Waals surface area contributed by atoms with Crippen LogP contribution in [0.1, 0.15) is 19.3 Å². The lowest BCUT2D eigenvalue weighted by atomic mass is 9.97. The Morgan fingerprint density at radius 3 is 2.67 bits per heavy atom. The van der Waals surface area contributed by atoms with E-state index in [0.717, 1.165) is 25.9 Å². The summed E-state index contributed by atoms with van der Waals surface area (Å²) in [7, 11) is -1.68. The molecule has 1 aromatic rings. The van der Waals surface area contributed by atoms with Gasteiger partial charge in [0.25, 0.3) is 10.0 Å². The Bertz CT molecular complexity index is 652. The van der Waals surface area contributed by atoms with Gasteiger partial charge in [0.2, 0.25) is 5.91 Å². The fraction of sp³-hybridized carbons (Fsp3) is 0.688. The van der Waals surface area contributed by atoms with E-state index in [9.17, 15) is 13.2 Å². The number of hydrogen-bond acceptors (Lipinski definition) is 5. The van der Waals surface area contributed by atoms with Crippen LogP contribution in [-0.2, 0) is 19.6 Å². The first-order valence-electron chi connectivity index (χ1n) is 8.31. The number of amides is 1. The molecule has 2 saturated heterocycles. The molecule has 1 amide bonds. The molecule has 0 saturated carbocycles. The highest BCUT2D eigenvalue weighted by Gasteiger charge is 2.34. The Balaban J connectivity index is 1.52. The molecule has 24 heavy (non-hydrogen) atoms. The van der Waals surface area contributed by atoms with Crippen molar-refractivity contribution < 1.29 is 17.9 Å². The van der Waals surface area contributed by atoms with Crippen molar-refractivity contribution in [2.75, 3.05) is 39.9 Å². The van der Waals surface area contributed by atoms with Crippen LogP contribution in [0, 0.1) is 11.8 Å². The topological polar surface area (TPSA) is 66.9 Å². The molecule has 1 aromatic heterocycles. The average molecular weight is 373 g/mol. The third-order valence-corrected chi connectivity index (χ3v) is 8.11. The van der Waals surface area contributed by atoms with Gasteiger partial charge >= 0.3 is 0 Å². The lowest BCUT2D eigenvalue weighted by molar-refractivity contribution is -0.128. The summed E-state index contributed by atoms with van der Waals surface area (Å²) in [5.41, 5.74) is 0. The van der Waals surface area contributed by atoms with Crippen LogP contribution in [0.25, 0.3) is 0 Å². The third kappa shape index (κ3) is 3.82. The number of sulfonamides is 1. The van der Waals surface area contributed by atoms with Gasteiger partial charge in [-0.1, -0.05) is 6.07 Å². The summed E-state index contributed by atoms with van der Waals surface area (Å²) in [6.07, 6.45) is 2.19. The van der Waals surface area contributed by atoms with E-state index in [1.165, 1.54) is 11.3 Å². The second-order valence-electron chi connectivity index (χ2n) is 6.60. The van der Waals surface area contributed by atoms with Crippen molar-refractivity contribution in [2.24, 2.45) is 11.8 Å². The SMILES string of the molecule is COCC1CC(=O)N(CC2CCN(S(=O)(=O)c3cccs3)CC2)C1. The Kier molecular flexibility index (Phi) is 5.59. The number of carbonyl (C=O) groups is 1. The molecule has 8 heteroatoms. The van der Waals surface area contributed by atoms with E-state index in [4.69, 9.17) is 4.74 Å². The second-order valence-corrected chi connectivity index (χ2v) is 9.72. The van der Waals surface area contributed by atoms with Crippen molar-refractivity contribution >= 4 is 27.3 Å². The number of ether oxygens (including phenoxy) is 1. The number of hydrogen-bond donors (Lipinski definition) is 0. The van der Waals surface area contributed by atoms with Crippen molar-refractivity contribution in [2.45, 2.75) is 23.5 Å². The van der Waals surface area contributed by atoms with Gasteiger partial charge in [-0.15, -0.1) is 11.3 Å². The van der Waals surface area contributed by atoms with Crippen LogP contribution in [0.3, 0.4) is 0 Å². The molecular formula is C16H24N2O4S2. The van der Waals surface area contributed by atoms with E-state index < -0.39 is 10.0 Å². The highest BCUT2D eigenvalue weighted by molar-refractivity contribution is 7.91. The molecule has 0 spiro atoms. The highest BCUT2D eigenvalue weighted by Crippen LogP contribution is 2.28. The van der Waals surface area contributed by atoms with Gasteiger partial charge in [0, 0.05) is 45.6 Å². The van der Waals surface area contributed by atoms with Crippen LogP contribution in [0.2, 0.25) is 0 Å². The molecule has 134 valence electrons. The minimum absolute atomic E-state index is 0.200. The summed E-state index contributed by atoms with van der Waals surface area (Å²) >= 11 is 1.26. The smallest absolute Gasteiger partial charge is 0.252 e. The van der Waals surface area contributed by atoms with E-state index >= 15 is 0 Å². The van der Waals surface area contributed by atoms with Crippen LogP contribution in [0.4, 0.5) is 0 Å². The summed E-state index contributed by atoms with van der Waals surface area (Å²) in [5.74, 6) is 0.873. The normalized spacial score (nSPS) is 24.0. The minimum atomic E-state index is -3.34. The van der Waals surface area contributed by atoms with Crippen LogP contribution in [0.5, 0.6) is 0 Å². The van der Waals surface area contributed by atoms with Crippen molar-refractivity contribution in [1.82, 2.24) is 9.21 Å². The summed E-state index contributed by atoms with van der Waals surface area (Å²) < 4.78 is 32.2. The molecule has 2 aliphatic heterocycles. The van der Waals surface area contributed by atoms with E-state index in [1.54, 1.807) is 28.9 Å². The number of nitrogens with zero attached hydrogens (tertiary/aromatic N) is 2. The summed E-state index contributed by atoms with van der Waals surface area (Å²) in [6, 6.07) is 3.42. The van der Waals surface area contributed by atoms with Crippen LogP contribution in [0.15, 0.2) is 21.7 Å². The van der Waals surface area contributed by atoms with Gasteiger partial charge < -0.3 is 9.64 Å². The van der Waals surface area contributed by atoms with Gasteiger partial charge in [-0.05, 0) is 30.2 Å². The maximum atomic E-state index is 12.5. The van der Waals surface area contributed by atoms with Gasteiger partial charge in [-0.3, -0.25) is 4.79 Å². The quantitative estimate of drug-likeness (QED) is 0.761. The summed E-state index contributed by atoms with van der Waals surface area (Å²) in [6.45, 7) is 3.20. The lowest BCUT2D eigenvalue weighted by Crippen LogP contribution is -2.41. The fourth-order valence-corrected chi connectivity index (χ4v) is 6.17. The first kappa shape index (κ1) is 17.8. The zero-order valence-corrected chi connectivity index (χ0v) is 15.5. The first-order valence-corrected chi connectivity index (χ1v) is 10.6. The van der Waals surface area contributed by atoms with E-state index in [1.807, 2.05) is 4.90 Å². The van der Waals surface area contributed by atoms with Crippen LogP contribution >= 0.6 is 11.3 Å². The number of methoxy groups -OCH3 is 1. The molecule has 0 aromatic carbocycles. The third-order valence-electron chi connectivity index (χ3n) is 4.84.